The van der Waals surface area contributed by atoms with Crippen LogP contribution in [0.4, 0.5) is 26.3 Å². The second-order valence-corrected chi connectivity index (χ2v) is 5.50. The number of thiol groups is 2. The molecule has 0 saturated carbocycles. The van der Waals surface area contributed by atoms with Crippen LogP contribution in [0.25, 0.3) is 0 Å². The SMILES string of the molecule is FC(F)(F)[SH](C(=S)S)C(F)(F)F. The minimum absolute atomic E-state index is 1.36. The fraction of sp³-hybridized carbons (Fsp3) is 0.667. The van der Waals surface area contributed by atoms with E-state index in [1.54, 1.807) is 0 Å². The Kier molecular flexibility index (Phi) is 3.73. The summed E-state index contributed by atoms with van der Waals surface area (Å²) in [7, 11) is -4.31. The number of halogens is 6. The van der Waals surface area contributed by atoms with Gasteiger partial charge in [0.25, 0.3) is 0 Å². The van der Waals surface area contributed by atoms with Gasteiger partial charge in [-0.25, -0.2) is 0 Å². The molecule has 0 rings (SSSR count). The molecule has 0 saturated heterocycles. The molecule has 0 heterocycles. The van der Waals surface area contributed by atoms with Crippen LogP contribution in [0.15, 0.2) is 0 Å². The zero-order valence-corrected chi connectivity index (χ0v) is 7.68. The summed E-state index contributed by atoms with van der Waals surface area (Å²) in [4.78, 5) is 0. The van der Waals surface area contributed by atoms with Crippen LogP contribution in [0.3, 0.4) is 0 Å². The van der Waals surface area contributed by atoms with Crippen molar-refractivity contribution >= 4 is 39.3 Å². The van der Waals surface area contributed by atoms with Crippen LogP contribution in [0.5, 0.6) is 0 Å². The highest BCUT2D eigenvalue weighted by Gasteiger charge is 2.54. The lowest BCUT2D eigenvalue weighted by atomic mass is 11.5. The van der Waals surface area contributed by atoms with Gasteiger partial charge in [-0.2, -0.15) is 26.3 Å². The Labute approximate surface area is 77.1 Å². The molecule has 0 aromatic rings. The van der Waals surface area contributed by atoms with E-state index >= 15 is 0 Å². The molecule has 9 heteroatoms. The highest BCUT2D eigenvalue weighted by Crippen LogP contribution is 2.58. The van der Waals surface area contributed by atoms with Crippen molar-refractivity contribution < 1.29 is 26.3 Å². The Balaban J connectivity index is 4.82. The maximum Gasteiger partial charge on any atom is 0.435 e. The van der Waals surface area contributed by atoms with Crippen molar-refractivity contribution in [3.05, 3.63) is 0 Å². The van der Waals surface area contributed by atoms with Crippen LogP contribution < -0.4 is 0 Å². The van der Waals surface area contributed by atoms with Crippen LogP contribution >= 0.6 is 35.7 Å². The monoisotopic (exact) mass is 248 g/mol. The number of thiocarbonyl (C=S) groups is 1. The molecule has 0 amide bonds. The largest absolute Gasteiger partial charge is 0.435 e. The summed E-state index contributed by atoms with van der Waals surface area (Å²) in [6.45, 7) is 0. The van der Waals surface area contributed by atoms with E-state index in [4.69, 9.17) is 0 Å². The zero-order valence-electron chi connectivity index (χ0n) is 5.07. The standard InChI is InChI=1S/C3H2F6S3/c4-2(5,6)12(1(10)11)3(7,8)9/h12H,(H,10,11). The molecule has 0 bridgehead atoms. The van der Waals surface area contributed by atoms with E-state index in [9.17, 15) is 26.3 Å². The average molecular weight is 248 g/mol. The smallest absolute Gasteiger partial charge is 0.161 e. The Hall–Kier alpha value is 0.370. The van der Waals surface area contributed by atoms with Crippen LogP contribution in [-0.2, 0) is 0 Å². The number of hydrogen-bond acceptors (Lipinski definition) is 1. The van der Waals surface area contributed by atoms with Gasteiger partial charge in [0.15, 0.2) is 0 Å². The molecule has 0 N–H and O–H groups in total. The first-order valence-corrected chi connectivity index (χ1v) is 4.43. The van der Waals surface area contributed by atoms with Gasteiger partial charge in [-0.3, -0.25) is 0 Å². The molecule has 0 spiro atoms. The van der Waals surface area contributed by atoms with E-state index in [1.165, 1.54) is 0 Å². The van der Waals surface area contributed by atoms with Crippen molar-refractivity contribution in [1.82, 2.24) is 0 Å². The van der Waals surface area contributed by atoms with Crippen molar-refractivity contribution in [2.75, 3.05) is 0 Å². The molecule has 0 aliphatic heterocycles. The van der Waals surface area contributed by atoms with Gasteiger partial charge in [0, 0.05) is 0 Å². The summed E-state index contributed by atoms with van der Waals surface area (Å²) in [6.07, 6.45) is 0. The van der Waals surface area contributed by atoms with Gasteiger partial charge in [-0.05, 0) is 10.9 Å². The first-order valence-electron chi connectivity index (χ1n) is 2.23. The molecule has 0 radical (unpaired) electrons. The summed E-state index contributed by atoms with van der Waals surface area (Å²) in [6, 6.07) is 0. The van der Waals surface area contributed by atoms with E-state index in [1.807, 2.05) is 0 Å². The molecule has 0 nitrogen and oxygen atoms in total. The fourth-order valence-corrected chi connectivity index (χ4v) is 2.38. The van der Waals surface area contributed by atoms with Crippen LogP contribution in [0, 0.1) is 0 Å². The van der Waals surface area contributed by atoms with Crippen molar-refractivity contribution in [2.45, 2.75) is 11.0 Å². The summed E-state index contributed by atoms with van der Waals surface area (Å²) in [5, 5.41) is 0. The third-order valence-corrected chi connectivity index (χ3v) is 3.24. The Morgan fingerprint density at radius 2 is 1.25 bits per heavy atom. The minimum atomic E-state index is -5.35. The highest BCUT2D eigenvalue weighted by molar-refractivity contribution is 8.51. The summed E-state index contributed by atoms with van der Waals surface area (Å²) in [5.74, 6) is 0. The van der Waals surface area contributed by atoms with Gasteiger partial charge in [-0.1, -0.05) is 12.2 Å². The molecular formula is C3H2F6S3. The van der Waals surface area contributed by atoms with Gasteiger partial charge >= 0.3 is 11.0 Å². The van der Waals surface area contributed by atoms with E-state index in [0.717, 1.165) is 0 Å². The van der Waals surface area contributed by atoms with E-state index in [0.29, 0.717) is 0 Å². The molecule has 0 aromatic carbocycles. The van der Waals surface area contributed by atoms with Crippen LogP contribution in [-0.4, -0.2) is 14.5 Å². The van der Waals surface area contributed by atoms with Gasteiger partial charge in [0.2, 0.25) is 0 Å². The number of hydrogen-bond donors (Lipinski definition) is 2. The van der Waals surface area contributed by atoms with Crippen molar-refractivity contribution in [1.29, 1.82) is 0 Å². The summed E-state index contributed by atoms with van der Waals surface area (Å²) in [5.41, 5.74) is -10.7. The van der Waals surface area contributed by atoms with Gasteiger partial charge in [-0.15, -0.1) is 12.6 Å². The maximum atomic E-state index is 11.6. The maximum absolute atomic E-state index is 11.6. The zero-order chi connectivity index (χ0) is 10.2. The molecule has 0 atom stereocenters. The predicted molar refractivity (Wildman–Crippen MR) is 42.7 cm³/mol. The minimum Gasteiger partial charge on any atom is -0.161 e. The van der Waals surface area contributed by atoms with Gasteiger partial charge < -0.3 is 0 Å². The third kappa shape index (κ3) is 3.40. The lowest BCUT2D eigenvalue weighted by molar-refractivity contribution is -0.0719. The topological polar surface area (TPSA) is 0 Å². The van der Waals surface area contributed by atoms with Gasteiger partial charge in [0.05, 0.1) is 3.53 Å². The number of alkyl halides is 6. The van der Waals surface area contributed by atoms with Crippen molar-refractivity contribution in [3.8, 4) is 0 Å². The molecule has 0 aromatic heterocycles. The van der Waals surface area contributed by atoms with Gasteiger partial charge in [0.1, 0.15) is 0 Å². The third-order valence-electron chi connectivity index (χ3n) is 0.698. The Bertz CT molecular complexity index is 165. The van der Waals surface area contributed by atoms with Crippen molar-refractivity contribution in [3.63, 3.8) is 0 Å². The van der Waals surface area contributed by atoms with E-state index in [-0.39, 0.29) is 0 Å². The molecule has 0 aliphatic rings. The molecule has 0 unspecified atom stereocenters. The molecule has 74 valence electrons. The van der Waals surface area contributed by atoms with Crippen LogP contribution in [0.1, 0.15) is 0 Å². The Morgan fingerprint density at radius 3 is 1.25 bits per heavy atom. The molecule has 0 aliphatic carbocycles. The quantitative estimate of drug-likeness (QED) is 0.377. The normalized spacial score (nSPS) is 14.4. The molecular weight excluding hydrogens is 246 g/mol. The fourth-order valence-electron chi connectivity index (χ4n) is 0.361. The average Bonchev–Trinajstić information content (AvgIpc) is 1.49. The molecule has 0 fully saturated rings. The Morgan fingerprint density at radius 1 is 1.00 bits per heavy atom. The predicted octanol–water partition coefficient (Wildman–Crippen LogP) is 3.24. The van der Waals surface area contributed by atoms with Crippen molar-refractivity contribution in [2.24, 2.45) is 0 Å². The van der Waals surface area contributed by atoms with Crippen LogP contribution in [0.2, 0.25) is 0 Å². The molecule has 12 heavy (non-hydrogen) atoms. The van der Waals surface area contributed by atoms with E-state index < -0.39 is 25.4 Å². The highest BCUT2D eigenvalue weighted by atomic mass is 32.3. The number of rotatable bonds is 0. The summed E-state index contributed by atoms with van der Waals surface area (Å²) < 4.78 is 68.5. The first-order chi connectivity index (χ1) is 5.07. The first kappa shape index (κ1) is 12.4. The lowest BCUT2D eigenvalue weighted by Crippen LogP contribution is -2.24. The van der Waals surface area contributed by atoms with E-state index in [2.05, 4.69) is 24.8 Å². The lowest BCUT2D eigenvalue weighted by Gasteiger charge is -2.24. The second-order valence-electron chi connectivity index (χ2n) is 1.55. The summed E-state index contributed by atoms with van der Waals surface area (Å²) >= 11 is 6.67. The second kappa shape index (κ2) is 3.62.